The van der Waals surface area contributed by atoms with Crippen LogP contribution in [-0.4, -0.2) is 38.3 Å². The lowest BCUT2D eigenvalue weighted by atomic mass is 10.1. The van der Waals surface area contributed by atoms with Crippen molar-refractivity contribution in [2.45, 2.75) is 26.4 Å². The Morgan fingerprint density at radius 3 is 2.69 bits per heavy atom. The summed E-state index contributed by atoms with van der Waals surface area (Å²) in [7, 11) is 3.46. The van der Waals surface area contributed by atoms with Crippen molar-refractivity contribution >= 4 is 5.96 Å². The number of aromatic nitrogens is 1. The van der Waals surface area contributed by atoms with Gasteiger partial charge in [0.25, 0.3) is 0 Å². The van der Waals surface area contributed by atoms with E-state index in [1.54, 1.807) is 20.4 Å². The Balaban J connectivity index is 1.89. The van der Waals surface area contributed by atoms with E-state index in [2.05, 4.69) is 45.7 Å². The van der Waals surface area contributed by atoms with Gasteiger partial charge in [0, 0.05) is 45.5 Å². The summed E-state index contributed by atoms with van der Waals surface area (Å²) in [4.78, 5) is 8.56. The molecule has 0 atom stereocenters. The summed E-state index contributed by atoms with van der Waals surface area (Å²) in [5, 5.41) is 6.59. The maximum absolute atomic E-state index is 5.92. The number of pyridine rings is 1. The van der Waals surface area contributed by atoms with Gasteiger partial charge in [0.2, 0.25) is 0 Å². The van der Waals surface area contributed by atoms with Crippen LogP contribution < -0.4 is 15.4 Å². The molecule has 6 heteroatoms. The third-order valence-corrected chi connectivity index (χ3v) is 3.81. The van der Waals surface area contributed by atoms with Crippen molar-refractivity contribution < 1.29 is 9.47 Å². The first kappa shape index (κ1) is 19.7. The Kier molecular flexibility index (Phi) is 8.42. The van der Waals surface area contributed by atoms with E-state index < -0.39 is 0 Å². The molecule has 0 unspecified atom stereocenters. The summed E-state index contributed by atoms with van der Waals surface area (Å²) >= 11 is 0. The Morgan fingerprint density at radius 1 is 1.12 bits per heavy atom. The van der Waals surface area contributed by atoms with Gasteiger partial charge in [-0.25, -0.2) is 0 Å². The molecule has 2 aromatic rings. The molecule has 6 nitrogen and oxygen atoms in total. The van der Waals surface area contributed by atoms with Crippen LogP contribution >= 0.6 is 0 Å². The topological polar surface area (TPSA) is 67.8 Å². The summed E-state index contributed by atoms with van der Waals surface area (Å²) in [6.07, 6.45) is 2.65. The SMILES string of the molecule is CN=C(NCc1ccccn1)NCc1ccc(C)cc1OCCCOC. The van der Waals surface area contributed by atoms with Crippen LogP contribution in [0.2, 0.25) is 0 Å². The van der Waals surface area contributed by atoms with Crippen LogP contribution in [-0.2, 0) is 17.8 Å². The molecule has 26 heavy (non-hydrogen) atoms. The minimum Gasteiger partial charge on any atom is -0.493 e. The first-order valence-electron chi connectivity index (χ1n) is 8.78. The minimum atomic E-state index is 0.620. The predicted molar refractivity (Wildman–Crippen MR) is 104 cm³/mol. The van der Waals surface area contributed by atoms with Crippen molar-refractivity contribution in [1.82, 2.24) is 15.6 Å². The number of hydrogen-bond donors (Lipinski definition) is 2. The molecule has 0 radical (unpaired) electrons. The number of benzene rings is 1. The number of ether oxygens (including phenoxy) is 2. The van der Waals surface area contributed by atoms with Crippen LogP contribution in [0.5, 0.6) is 5.75 Å². The zero-order chi connectivity index (χ0) is 18.6. The first-order valence-corrected chi connectivity index (χ1v) is 8.78. The van der Waals surface area contributed by atoms with E-state index in [-0.39, 0.29) is 0 Å². The van der Waals surface area contributed by atoms with Gasteiger partial charge in [-0.1, -0.05) is 18.2 Å². The molecular weight excluding hydrogens is 328 g/mol. The fourth-order valence-corrected chi connectivity index (χ4v) is 2.40. The molecule has 2 rings (SSSR count). The number of nitrogens with zero attached hydrogens (tertiary/aromatic N) is 2. The van der Waals surface area contributed by atoms with Crippen molar-refractivity contribution in [1.29, 1.82) is 0 Å². The van der Waals surface area contributed by atoms with Crippen molar-refractivity contribution in [3.05, 3.63) is 59.4 Å². The average molecular weight is 356 g/mol. The Hall–Kier alpha value is -2.60. The lowest BCUT2D eigenvalue weighted by molar-refractivity contribution is 0.171. The molecule has 0 aliphatic heterocycles. The fraction of sp³-hybridized carbons (Fsp3) is 0.400. The van der Waals surface area contributed by atoms with Crippen LogP contribution in [0.3, 0.4) is 0 Å². The van der Waals surface area contributed by atoms with E-state index >= 15 is 0 Å². The van der Waals surface area contributed by atoms with Crippen LogP contribution in [0.15, 0.2) is 47.6 Å². The molecule has 0 saturated heterocycles. The molecule has 140 valence electrons. The molecule has 0 saturated carbocycles. The number of aliphatic imine (C=N–C) groups is 1. The zero-order valence-corrected chi connectivity index (χ0v) is 15.8. The Labute approximate surface area is 155 Å². The van der Waals surface area contributed by atoms with Crippen LogP contribution in [0.4, 0.5) is 0 Å². The number of aryl methyl sites for hydroxylation is 1. The number of nitrogens with one attached hydrogen (secondary N) is 2. The Bertz CT molecular complexity index is 689. The predicted octanol–water partition coefficient (Wildman–Crippen LogP) is 2.67. The number of hydrogen-bond acceptors (Lipinski definition) is 4. The molecule has 0 fully saturated rings. The fourth-order valence-electron chi connectivity index (χ4n) is 2.40. The second-order valence-electron chi connectivity index (χ2n) is 5.91. The first-order chi connectivity index (χ1) is 12.7. The highest BCUT2D eigenvalue weighted by molar-refractivity contribution is 5.79. The largest absolute Gasteiger partial charge is 0.493 e. The van der Waals surface area contributed by atoms with Crippen LogP contribution in [0.25, 0.3) is 0 Å². The standard InChI is InChI=1S/C20H28N4O2/c1-16-8-9-17(19(13-16)26-12-6-11-25-3)14-23-20(21-2)24-15-18-7-4-5-10-22-18/h4-5,7-10,13H,6,11-12,14-15H2,1-3H3,(H2,21,23,24). The molecular formula is C20H28N4O2. The molecule has 0 spiro atoms. The van der Waals surface area contributed by atoms with Crippen LogP contribution in [0, 0.1) is 6.92 Å². The highest BCUT2D eigenvalue weighted by atomic mass is 16.5. The van der Waals surface area contributed by atoms with E-state index in [9.17, 15) is 0 Å². The summed E-state index contributed by atoms with van der Waals surface area (Å²) < 4.78 is 11.0. The molecule has 1 heterocycles. The van der Waals surface area contributed by atoms with Gasteiger partial charge in [-0.2, -0.15) is 0 Å². The smallest absolute Gasteiger partial charge is 0.191 e. The van der Waals surface area contributed by atoms with E-state index in [1.807, 2.05) is 18.2 Å². The van der Waals surface area contributed by atoms with E-state index in [1.165, 1.54) is 5.56 Å². The Morgan fingerprint density at radius 2 is 1.96 bits per heavy atom. The zero-order valence-electron chi connectivity index (χ0n) is 15.8. The molecule has 0 aliphatic rings. The highest BCUT2D eigenvalue weighted by Gasteiger charge is 2.06. The molecule has 1 aromatic heterocycles. The van der Waals surface area contributed by atoms with E-state index in [0.717, 1.165) is 29.4 Å². The number of rotatable bonds is 9. The highest BCUT2D eigenvalue weighted by Crippen LogP contribution is 2.20. The van der Waals surface area contributed by atoms with Gasteiger partial charge in [-0.15, -0.1) is 0 Å². The molecule has 2 N–H and O–H groups in total. The normalized spacial score (nSPS) is 11.3. The van der Waals surface area contributed by atoms with Gasteiger partial charge in [-0.05, 0) is 30.7 Å². The van der Waals surface area contributed by atoms with E-state index in [0.29, 0.717) is 26.3 Å². The van der Waals surface area contributed by atoms with Crippen molar-refractivity contribution in [3.8, 4) is 5.75 Å². The number of guanidine groups is 1. The van der Waals surface area contributed by atoms with E-state index in [4.69, 9.17) is 9.47 Å². The third-order valence-electron chi connectivity index (χ3n) is 3.81. The van der Waals surface area contributed by atoms with Crippen LogP contribution in [0.1, 0.15) is 23.2 Å². The monoisotopic (exact) mass is 356 g/mol. The quantitative estimate of drug-likeness (QED) is 0.411. The van der Waals surface area contributed by atoms with Gasteiger partial charge >= 0.3 is 0 Å². The second-order valence-corrected chi connectivity index (χ2v) is 5.91. The summed E-state index contributed by atoms with van der Waals surface area (Å²) in [5.74, 6) is 1.62. The van der Waals surface area contributed by atoms with Gasteiger partial charge in [0.1, 0.15) is 5.75 Å². The summed E-state index contributed by atoms with van der Waals surface area (Å²) in [6, 6.07) is 12.1. The molecule has 0 aliphatic carbocycles. The summed E-state index contributed by atoms with van der Waals surface area (Å²) in [5.41, 5.74) is 3.23. The lowest BCUT2D eigenvalue weighted by Crippen LogP contribution is -2.36. The van der Waals surface area contributed by atoms with Gasteiger partial charge in [0.15, 0.2) is 5.96 Å². The lowest BCUT2D eigenvalue weighted by Gasteiger charge is -2.15. The summed E-state index contributed by atoms with van der Waals surface area (Å²) in [6.45, 7) is 4.64. The van der Waals surface area contributed by atoms with Gasteiger partial charge in [-0.3, -0.25) is 9.98 Å². The minimum absolute atomic E-state index is 0.620. The maximum Gasteiger partial charge on any atom is 0.191 e. The van der Waals surface area contributed by atoms with Gasteiger partial charge in [0.05, 0.1) is 18.8 Å². The average Bonchev–Trinajstić information content (AvgIpc) is 2.67. The second kappa shape index (κ2) is 11.1. The maximum atomic E-state index is 5.92. The van der Waals surface area contributed by atoms with Crippen molar-refractivity contribution in [2.75, 3.05) is 27.4 Å². The van der Waals surface area contributed by atoms with Gasteiger partial charge < -0.3 is 20.1 Å². The van der Waals surface area contributed by atoms with Crippen molar-refractivity contribution in [3.63, 3.8) is 0 Å². The number of methoxy groups -OCH3 is 1. The molecule has 0 bridgehead atoms. The third kappa shape index (κ3) is 6.72. The molecule has 1 aromatic carbocycles. The molecule has 0 amide bonds. The van der Waals surface area contributed by atoms with Crippen molar-refractivity contribution in [2.24, 2.45) is 4.99 Å².